The van der Waals surface area contributed by atoms with Gasteiger partial charge in [-0.25, -0.2) is 0 Å². The van der Waals surface area contributed by atoms with Crippen LogP contribution in [-0.4, -0.2) is 23.1 Å². The van der Waals surface area contributed by atoms with Crippen LogP contribution in [0.3, 0.4) is 0 Å². The van der Waals surface area contributed by atoms with E-state index in [0.29, 0.717) is 0 Å². The second-order valence-corrected chi connectivity index (χ2v) is 6.01. The number of nitrogens with zero attached hydrogens (tertiary/aromatic N) is 1. The van der Waals surface area contributed by atoms with Gasteiger partial charge < -0.3 is 14.8 Å². The fourth-order valence-corrected chi connectivity index (χ4v) is 3.30. The third-order valence-electron chi connectivity index (χ3n) is 4.45. The molecule has 2 saturated heterocycles. The molecule has 2 bridgehead atoms. The summed E-state index contributed by atoms with van der Waals surface area (Å²) in [4.78, 5) is 16.3. The summed E-state index contributed by atoms with van der Waals surface area (Å²) in [6, 6.07) is 11.0. The van der Waals surface area contributed by atoms with Gasteiger partial charge in [-0.15, -0.1) is 0 Å². The number of benzene rings is 1. The number of amides is 1. The Morgan fingerprint density at radius 3 is 2.48 bits per heavy atom. The highest BCUT2D eigenvalue weighted by Crippen LogP contribution is 2.39. The Balaban J connectivity index is 1.37. The first-order valence-corrected chi connectivity index (χ1v) is 7.92. The number of rotatable bonds is 4. The molecular weight excluding hydrogens is 292 g/mol. The van der Waals surface area contributed by atoms with Crippen molar-refractivity contribution in [3.05, 3.63) is 48.8 Å². The van der Waals surface area contributed by atoms with E-state index in [0.717, 1.165) is 36.4 Å². The minimum atomic E-state index is -0.0125. The zero-order valence-electron chi connectivity index (χ0n) is 12.6. The smallest absolute Gasteiger partial charge is 0.230 e. The summed E-state index contributed by atoms with van der Waals surface area (Å²) < 4.78 is 11.4. The molecule has 0 radical (unpaired) electrons. The lowest BCUT2D eigenvalue weighted by Gasteiger charge is -2.18. The molecule has 2 aliphatic heterocycles. The lowest BCUT2D eigenvalue weighted by atomic mass is 9.88. The van der Waals surface area contributed by atoms with Crippen molar-refractivity contribution in [3.8, 4) is 11.5 Å². The van der Waals surface area contributed by atoms with E-state index in [1.807, 2.05) is 24.3 Å². The number of carbonyl (C=O) groups is 1. The Labute approximate surface area is 134 Å². The third kappa shape index (κ3) is 3.05. The quantitative estimate of drug-likeness (QED) is 0.940. The highest BCUT2D eigenvalue weighted by atomic mass is 16.5. The molecule has 0 spiro atoms. The molecule has 2 aromatic rings. The first-order valence-electron chi connectivity index (χ1n) is 7.92. The molecule has 5 nitrogen and oxygen atoms in total. The van der Waals surface area contributed by atoms with E-state index in [-0.39, 0.29) is 24.0 Å². The van der Waals surface area contributed by atoms with Gasteiger partial charge in [0.2, 0.25) is 5.91 Å². The van der Waals surface area contributed by atoms with Gasteiger partial charge in [-0.3, -0.25) is 9.78 Å². The van der Waals surface area contributed by atoms with Crippen LogP contribution in [0.4, 0.5) is 5.69 Å². The van der Waals surface area contributed by atoms with Gasteiger partial charge >= 0.3 is 0 Å². The van der Waals surface area contributed by atoms with Crippen molar-refractivity contribution < 1.29 is 14.3 Å². The van der Waals surface area contributed by atoms with E-state index in [1.165, 1.54) is 0 Å². The number of anilines is 1. The van der Waals surface area contributed by atoms with Crippen LogP contribution in [0, 0.1) is 5.92 Å². The van der Waals surface area contributed by atoms with E-state index in [1.54, 1.807) is 24.5 Å². The average Bonchev–Trinajstić information content (AvgIpc) is 3.21. The van der Waals surface area contributed by atoms with Gasteiger partial charge in [0.05, 0.1) is 18.1 Å². The number of carbonyl (C=O) groups excluding carboxylic acids is 1. The van der Waals surface area contributed by atoms with Crippen LogP contribution in [0.2, 0.25) is 0 Å². The molecule has 118 valence electrons. The zero-order chi connectivity index (χ0) is 15.6. The van der Waals surface area contributed by atoms with Gasteiger partial charge in [0.1, 0.15) is 11.5 Å². The molecular formula is C18H18N2O3. The van der Waals surface area contributed by atoms with Gasteiger partial charge in [-0.05, 0) is 55.7 Å². The van der Waals surface area contributed by atoms with Crippen molar-refractivity contribution >= 4 is 11.6 Å². The predicted molar refractivity (Wildman–Crippen MR) is 85.4 cm³/mol. The Bertz CT molecular complexity index is 687. The summed E-state index contributed by atoms with van der Waals surface area (Å²) in [6.07, 6.45) is 6.69. The van der Waals surface area contributed by atoms with Crippen molar-refractivity contribution in [3.63, 3.8) is 0 Å². The highest BCUT2D eigenvalue weighted by molar-refractivity contribution is 5.93. The summed E-state index contributed by atoms with van der Waals surface area (Å²) >= 11 is 0. The van der Waals surface area contributed by atoms with Gasteiger partial charge in [0.25, 0.3) is 0 Å². The van der Waals surface area contributed by atoms with Crippen molar-refractivity contribution in [2.75, 3.05) is 5.32 Å². The molecule has 2 aliphatic rings. The molecule has 1 aromatic carbocycles. The lowest BCUT2D eigenvalue weighted by molar-refractivity contribution is -0.121. The maximum Gasteiger partial charge on any atom is 0.230 e. The molecule has 3 heterocycles. The summed E-state index contributed by atoms with van der Waals surface area (Å²) in [6.45, 7) is 0. The van der Waals surface area contributed by atoms with E-state index in [9.17, 15) is 4.79 Å². The van der Waals surface area contributed by atoms with Gasteiger partial charge in [-0.2, -0.15) is 0 Å². The number of aromatic nitrogens is 1. The minimum absolute atomic E-state index is 0.0125. The molecule has 3 unspecified atom stereocenters. The predicted octanol–water partition coefficient (Wildman–Crippen LogP) is 3.38. The molecule has 2 fully saturated rings. The van der Waals surface area contributed by atoms with Gasteiger partial charge in [0.15, 0.2) is 0 Å². The van der Waals surface area contributed by atoms with Crippen LogP contribution in [-0.2, 0) is 9.53 Å². The van der Waals surface area contributed by atoms with Crippen LogP contribution in [0.1, 0.15) is 19.3 Å². The maximum atomic E-state index is 12.4. The van der Waals surface area contributed by atoms with Crippen molar-refractivity contribution in [2.24, 2.45) is 5.92 Å². The van der Waals surface area contributed by atoms with E-state index < -0.39 is 0 Å². The minimum Gasteiger partial charge on any atom is -0.457 e. The normalized spacial score (nSPS) is 25.3. The van der Waals surface area contributed by atoms with E-state index in [4.69, 9.17) is 9.47 Å². The van der Waals surface area contributed by atoms with Crippen molar-refractivity contribution in [1.82, 2.24) is 4.98 Å². The molecule has 0 saturated carbocycles. The average molecular weight is 310 g/mol. The molecule has 1 N–H and O–H groups in total. The number of fused-ring (bicyclic) bond motifs is 2. The third-order valence-corrected chi connectivity index (χ3v) is 4.45. The fraction of sp³-hybridized carbons (Fsp3) is 0.333. The van der Waals surface area contributed by atoms with E-state index in [2.05, 4.69) is 10.3 Å². The first kappa shape index (κ1) is 14.2. The summed E-state index contributed by atoms with van der Waals surface area (Å²) in [5.41, 5.74) is 0.778. The zero-order valence-corrected chi connectivity index (χ0v) is 12.6. The SMILES string of the molecule is O=C(Nc1ccc(Oc2ccncc2)cc1)C1CC2CCC1O2. The van der Waals surface area contributed by atoms with Crippen LogP contribution >= 0.6 is 0 Å². The van der Waals surface area contributed by atoms with Crippen LogP contribution < -0.4 is 10.1 Å². The van der Waals surface area contributed by atoms with Gasteiger partial charge in [0, 0.05) is 18.1 Å². The Morgan fingerprint density at radius 1 is 1.09 bits per heavy atom. The summed E-state index contributed by atoms with van der Waals surface area (Å²) in [5.74, 6) is 1.50. The summed E-state index contributed by atoms with van der Waals surface area (Å²) in [7, 11) is 0. The standard InChI is InChI=1S/C18H18N2O3/c21-18(16-11-15-5-6-17(16)23-15)20-12-1-3-13(4-2-12)22-14-7-9-19-10-8-14/h1-4,7-10,15-17H,5-6,11H2,(H,20,21). The molecule has 23 heavy (non-hydrogen) atoms. The number of ether oxygens (including phenoxy) is 2. The molecule has 1 amide bonds. The second kappa shape index (κ2) is 6.01. The second-order valence-electron chi connectivity index (χ2n) is 6.01. The number of hydrogen-bond donors (Lipinski definition) is 1. The molecule has 3 atom stereocenters. The first-order chi connectivity index (χ1) is 11.3. The lowest BCUT2D eigenvalue weighted by Crippen LogP contribution is -2.30. The highest BCUT2D eigenvalue weighted by Gasteiger charge is 2.44. The number of nitrogens with one attached hydrogen (secondary N) is 1. The number of pyridine rings is 1. The van der Waals surface area contributed by atoms with Crippen LogP contribution in [0.15, 0.2) is 48.8 Å². The van der Waals surface area contributed by atoms with Crippen molar-refractivity contribution in [1.29, 1.82) is 0 Å². The molecule has 1 aromatic heterocycles. The van der Waals surface area contributed by atoms with Crippen LogP contribution in [0.25, 0.3) is 0 Å². The maximum absolute atomic E-state index is 12.4. The molecule has 5 heteroatoms. The Kier molecular flexibility index (Phi) is 3.71. The summed E-state index contributed by atoms with van der Waals surface area (Å²) in [5, 5.41) is 2.98. The van der Waals surface area contributed by atoms with Crippen LogP contribution in [0.5, 0.6) is 11.5 Å². The van der Waals surface area contributed by atoms with Gasteiger partial charge in [-0.1, -0.05) is 0 Å². The number of hydrogen-bond acceptors (Lipinski definition) is 4. The fourth-order valence-electron chi connectivity index (χ4n) is 3.30. The Morgan fingerprint density at radius 2 is 1.83 bits per heavy atom. The molecule has 0 aliphatic carbocycles. The van der Waals surface area contributed by atoms with Crippen molar-refractivity contribution in [2.45, 2.75) is 31.5 Å². The largest absolute Gasteiger partial charge is 0.457 e. The monoisotopic (exact) mass is 310 g/mol. The topological polar surface area (TPSA) is 60.5 Å². The Hall–Kier alpha value is -2.40. The molecule has 4 rings (SSSR count). The van der Waals surface area contributed by atoms with E-state index >= 15 is 0 Å².